The van der Waals surface area contributed by atoms with E-state index in [4.69, 9.17) is 5.11 Å². The highest BCUT2D eigenvalue weighted by atomic mass is 19.3. The molecule has 0 radical (unpaired) electrons. The predicted octanol–water partition coefficient (Wildman–Crippen LogP) is 4.16. The molecule has 2 rings (SSSR count). The van der Waals surface area contributed by atoms with E-state index < -0.39 is 12.4 Å². The van der Waals surface area contributed by atoms with Gasteiger partial charge in [0.15, 0.2) is 0 Å². The van der Waals surface area contributed by atoms with Crippen molar-refractivity contribution in [3.05, 3.63) is 65.0 Å². The van der Waals surface area contributed by atoms with Crippen molar-refractivity contribution < 1.29 is 23.0 Å². The summed E-state index contributed by atoms with van der Waals surface area (Å²) in [6.07, 6.45) is 0.795. The summed E-state index contributed by atoms with van der Waals surface area (Å²) >= 11 is 0. The minimum Gasteiger partial charge on any atom is -0.435 e. The monoisotopic (exact) mass is 339 g/mol. The van der Waals surface area contributed by atoms with E-state index in [0.717, 1.165) is 17.5 Å². The summed E-state index contributed by atoms with van der Waals surface area (Å²) in [5.41, 5.74) is 2.07. The van der Waals surface area contributed by atoms with Gasteiger partial charge in [0, 0.05) is 18.2 Å². The lowest BCUT2D eigenvalue weighted by atomic mass is 10.0. The molecule has 0 spiro atoms. The molecule has 0 heterocycles. The summed E-state index contributed by atoms with van der Waals surface area (Å²) in [6, 6.07) is 11.1. The molecule has 0 fully saturated rings. The van der Waals surface area contributed by atoms with Crippen molar-refractivity contribution in [2.75, 3.05) is 0 Å². The number of aliphatic hydroxyl groups is 1. The van der Waals surface area contributed by atoms with Gasteiger partial charge in [-0.2, -0.15) is 8.78 Å². The molecule has 2 N–H and O–H groups in total. The topological polar surface area (TPSA) is 41.5 Å². The van der Waals surface area contributed by atoms with E-state index in [2.05, 4.69) is 10.1 Å². The third-order valence-corrected chi connectivity index (χ3v) is 3.75. The number of hydrogen-bond donors (Lipinski definition) is 2. The second kappa shape index (κ2) is 8.70. The summed E-state index contributed by atoms with van der Waals surface area (Å²) < 4.78 is 42.0. The van der Waals surface area contributed by atoms with Gasteiger partial charge < -0.3 is 15.2 Å². The largest absolute Gasteiger partial charge is 0.435 e. The first-order valence-electron chi connectivity index (χ1n) is 7.69. The number of hydrogen-bond acceptors (Lipinski definition) is 3. The van der Waals surface area contributed by atoms with E-state index in [1.54, 1.807) is 24.3 Å². The number of halogens is 3. The fourth-order valence-electron chi connectivity index (χ4n) is 2.48. The van der Waals surface area contributed by atoms with Crippen molar-refractivity contribution >= 4 is 0 Å². The maximum Gasteiger partial charge on any atom is 0.387 e. The van der Waals surface area contributed by atoms with Crippen molar-refractivity contribution in [2.24, 2.45) is 0 Å². The van der Waals surface area contributed by atoms with E-state index >= 15 is 0 Å². The van der Waals surface area contributed by atoms with E-state index in [1.807, 2.05) is 6.92 Å². The summed E-state index contributed by atoms with van der Waals surface area (Å²) in [5, 5.41) is 12.4. The molecule has 0 amide bonds. The van der Waals surface area contributed by atoms with Crippen molar-refractivity contribution in [3.8, 4) is 5.75 Å². The van der Waals surface area contributed by atoms with Crippen LogP contribution in [-0.2, 0) is 13.2 Å². The number of alkyl halides is 2. The zero-order chi connectivity index (χ0) is 17.5. The quantitative estimate of drug-likeness (QED) is 0.759. The van der Waals surface area contributed by atoms with Crippen LogP contribution in [0.25, 0.3) is 0 Å². The average molecular weight is 339 g/mol. The first-order valence-corrected chi connectivity index (χ1v) is 7.69. The summed E-state index contributed by atoms with van der Waals surface area (Å²) in [7, 11) is 0. The molecule has 6 heteroatoms. The molecule has 2 aromatic carbocycles. The van der Waals surface area contributed by atoms with Crippen LogP contribution in [0.15, 0.2) is 42.5 Å². The van der Waals surface area contributed by atoms with Gasteiger partial charge in [-0.15, -0.1) is 0 Å². The van der Waals surface area contributed by atoms with Crippen LogP contribution < -0.4 is 10.1 Å². The van der Waals surface area contributed by atoms with Crippen LogP contribution in [0.1, 0.15) is 36.1 Å². The van der Waals surface area contributed by atoms with Crippen LogP contribution in [0, 0.1) is 5.82 Å². The van der Waals surface area contributed by atoms with Gasteiger partial charge >= 0.3 is 6.61 Å². The Labute approximate surface area is 139 Å². The number of aliphatic hydroxyl groups excluding tert-OH is 1. The van der Waals surface area contributed by atoms with Gasteiger partial charge in [-0.25, -0.2) is 4.39 Å². The lowest BCUT2D eigenvalue weighted by Gasteiger charge is -2.18. The van der Waals surface area contributed by atoms with E-state index in [-0.39, 0.29) is 24.0 Å². The first kappa shape index (κ1) is 18.3. The molecule has 0 saturated heterocycles. The molecule has 0 aromatic heterocycles. The third-order valence-electron chi connectivity index (χ3n) is 3.75. The summed E-state index contributed by atoms with van der Waals surface area (Å²) in [4.78, 5) is 0. The van der Waals surface area contributed by atoms with Crippen LogP contribution in [-0.4, -0.2) is 11.7 Å². The SMILES string of the molecule is CCC(NCc1ccc(F)c(CO)c1)c1ccc(OC(F)F)cc1. The van der Waals surface area contributed by atoms with Crippen LogP contribution in [0.5, 0.6) is 5.75 Å². The molecule has 3 nitrogen and oxygen atoms in total. The zero-order valence-electron chi connectivity index (χ0n) is 13.3. The molecule has 130 valence electrons. The Kier molecular flexibility index (Phi) is 6.63. The maximum atomic E-state index is 13.4. The minimum atomic E-state index is -2.84. The number of nitrogens with one attached hydrogen (secondary N) is 1. The van der Waals surface area contributed by atoms with Crippen molar-refractivity contribution in [2.45, 2.75) is 39.1 Å². The van der Waals surface area contributed by atoms with E-state index in [1.165, 1.54) is 18.2 Å². The van der Waals surface area contributed by atoms with Gasteiger partial charge in [-0.05, 0) is 41.8 Å². The Hall–Kier alpha value is -2.05. The molecule has 0 saturated carbocycles. The highest BCUT2D eigenvalue weighted by molar-refractivity contribution is 5.30. The van der Waals surface area contributed by atoms with Crippen LogP contribution in [0.2, 0.25) is 0 Å². The van der Waals surface area contributed by atoms with Gasteiger partial charge in [0.2, 0.25) is 0 Å². The smallest absolute Gasteiger partial charge is 0.387 e. The summed E-state index contributed by atoms with van der Waals surface area (Å²) in [6.45, 7) is -0.677. The molecule has 2 aromatic rings. The Morgan fingerprint density at radius 2 is 1.83 bits per heavy atom. The molecule has 0 aliphatic heterocycles. The molecule has 1 unspecified atom stereocenters. The van der Waals surface area contributed by atoms with Crippen LogP contribution in [0.3, 0.4) is 0 Å². The highest BCUT2D eigenvalue weighted by Gasteiger charge is 2.11. The van der Waals surface area contributed by atoms with Gasteiger partial charge in [-0.3, -0.25) is 0 Å². The molecular formula is C18H20F3NO2. The first-order chi connectivity index (χ1) is 11.5. The lowest BCUT2D eigenvalue weighted by Crippen LogP contribution is -2.20. The van der Waals surface area contributed by atoms with E-state index in [0.29, 0.717) is 6.54 Å². The molecule has 1 atom stereocenters. The fourth-order valence-corrected chi connectivity index (χ4v) is 2.48. The fraction of sp³-hybridized carbons (Fsp3) is 0.333. The summed E-state index contributed by atoms with van der Waals surface area (Å²) in [5.74, 6) is -0.308. The van der Waals surface area contributed by atoms with Gasteiger partial charge in [0.1, 0.15) is 11.6 Å². The number of rotatable bonds is 8. The second-order valence-corrected chi connectivity index (χ2v) is 5.37. The second-order valence-electron chi connectivity index (χ2n) is 5.37. The van der Waals surface area contributed by atoms with E-state index in [9.17, 15) is 13.2 Å². The molecule has 0 aliphatic rings. The molecule has 0 bridgehead atoms. The van der Waals surface area contributed by atoms with Crippen LogP contribution in [0.4, 0.5) is 13.2 Å². The van der Waals surface area contributed by atoms with Crippen molar-refractivity contribution in [3.63, 3.8) is 0 Å². The number of benzene rings is 2. The molecular weight excluding hydrogens is 319 g/mol. The Morgan fingerprint density at radius 1 is 1.12 bits per heavy atom. The van der Waals surface area contributed by atoms with Gasteiger partial charge in [0.05, 0.1) is 6.61 Å². The predicted molar refractivity (Wildman–Crippen MR) is 85.3 cm³/mol. The average Bonchev–Trinajstić information content (AvgIpc) is 2.57. The Morgan fingerprint density at radius 3 is 2.42 bits per heavy atom. The molecule has 24 heavy (non-hydrogen) atoms. The lowest BCUT2D eigenvalue weighted by molar-refractivity contribution is -0.0498. The highest BCUT2D eigenvalue weighted by Crippen LogP contribution is 2.22. The normalized spacial score (nSPS) is 12.4. The van der Waals surface area contributed by atoms with Crippen LogP contribution >= 0.6 is 0 Å². The Balaban J connectivity index is 2.01. The molecule has 0 aliphatic carbocycles. The van der Waals surface area contributed by atoms with Crippen molar-refractivity contribution in [1.29, 1.82) is 0 Å². The third kappa shape index (κ3) is 4.97. The standard InChI is InChI=1S/C18H20F3NO2/c1-2-17(13-4-6-15(7-5-13)24-18(20)21)22-10-12-3-8-16(19)14(9-12)11-23/h3-9,17-18,22-23H,2,10-11H2,1H3. The Bertz CT molecular complexity index is 647. The maximum absolute atomic E-state index is 13.4. The minimum absolute atomic E-state index is 0.0215. The van der Waals surface area contributed by atoms with Gasteiger partial charge in [0.25, 0.3) is 0 Å². The zero-order valence-corrected chi connectivity index (χ0v) is 13.3. The number of ether oxygens (including phenoxy) is 1. The van der Waals surface area contributed by atoms with Crippen molar-refractivity contribution in [1.82, 2.24) is 5.32 Å². The van der Waals surface area contributed by atoms with Gasteiger partial charge in [-0.1, -0.05) is 25.1 Å².